The summed E-state index contributed by atoms with van der Waals surface area (Å²) in [6.07, 6.45) is -1.54. The van der Waals surface area contributed by atoms with Gasteiger partial charge in [0.05, 0.1) is 5.92 Å². The molecule has 15 heavy (non-hydrogen) atoms. The second-order valence-corrected chi connectivity index (χ2v) is 3.75. The Bertz CT molecular complexity index is 362. The highest BCUT2D eigenvalue weighted by Gasteiger charge is 2.47. The van der Waals surface area contributed by atoms with E-state index in [0.717, 1.165) is 5.56 Å². The molecule has 2 rings (SSSR count). The number of aryl methyl sites for hydroxylation is 1. The Morgan fingerprint density at radius 3 is 2.20 bits per heavy atom. The minimum Gasteiger partial charge on any atom is -0.170 e. The van der Waals surface area contributed by atoms with E-state index >= 15 is 0 Å². The van der Waals surface area contributed by atoms with Crippen LogP contribution in [0.4, 0.5) is 13.2 Å². The van der Waals surface area contributed by atoms with E-state index in [9.17, 15) is 13.2 Å². The molecular weight excluding hydrogens is 201 g/mol. The molecular formula is C12H11F3. The highest BCUT2D eigenvalue weighted by molar-refractivity contribution is 5.32. The lowest BCUT2D eigenvalue weighted by Gasteiger charge is -2.05. The Kier molecular flexibility index (Phi) is 2.55. The third-order valence-corrected chi connectivity index (χ3v) is 2.57. The van der Waals surface area contributed by atoms with Crippen LogP contribution < -0.4 is 0 Å². The maximum Gasteiger partial charge on any atom is 0.398 e. The Hall–Kier alpha value is -1.25. The number of hydrogen-bond acceptors (Lipinski definition) is 0. The summed E-state index contributed by atoms with van der Waals surface area (Å²) in [5.74, 6) is -1.23. The van der Waals surface area contributed by atoms with Gasteiger partial charge in [-0.1, -0.05) is 42.0 Å². The van der Waals surface area contributed by atoms with E-state index < -0.39 is 12.1 Å². The lowest BCUT2D eigenvalue weighted by atomic mass is 10.1. The van der Waals surface area contributed by atoms with E-state index in [-0.39, 0.29) is 0 Å². The van der Waals surface area contributed by atoms with Crippen molar-refractivity contribution in [3.63, 3.8) is 0 Å². The summed E-state index contributed by atoms with van der Waals surface area (Å²) in [7, 11) is 0. The molecule has 0 bridgehead atoms. The molecule has 0 fully saturated rings. The molecule has 0 saturated carbocycles. The average Bonchev–Trinajstić information content (AvgIpc) is 2.95. The predicted octanol–water partition coefficient (Wildman–Crippen LogP) is 3.74. The van der Waals surface area contributed by atoms with Crippen molar-refractivity contribution in [2.45, 2.75) is 19.0 Å². The second-order valence-electron chi connectivity index (χ2n) is 3.75. The van der Waals surface area contributed by atoms with Crippen LogP contribution in [0.25, 0.3) is 0 Å². The third kappa shape index (κ3) is 2.61. The molecule has 0 spiro atoms. The highest BCUT2D eigenvalue weighted by atomic mass is 19.4. The maximum absolute atomic E-state index is 12.2. The van der Waals surface area contributed by atoms with Gasteiger partial charge in [0.25, 0.3) is 0 Å². The van der Waals surface area contributed by atoms with Crippen molar-refractivity contribution in [1.29, 1.82) is 0 Å². The molecule has 0 amide bonds. The van der Waals surface area contributed by atoms with E-state index in [1.54, 1.807) is 0 Å². The van der Waals surface area contributed by atoms with Crippen LogP contribution in [0.1, 0.15) is 12.0 Å². The summed E-state index contributed by atoms with van der Waals surface area (Å²) >= 11 is 0. The van der Waals surface area contributed by atoms with Gasteiger partial charge in [-0.15, -0.1) is 0 Å². The first-order valence-corrected chi connectivity index (χ1v) is 4.88. The van der Waals surface area contributed by atoms with Crippen LogP contribution in [0, 0.1) is 5.92 Å². The van der Waals surface area contributed by atoms with Crippen LogP contribution in [-0.2, 0) is 6.42 Å². The van der Waals surface area contributed by atoms with Crippen molar-refractivity contribution < 1.29 is 13.2 Å². The molecule has 0 aromatic heterocycles. The minimum absolute atomic E-state index is 0.522. The lowest BCUT2D eigenvalue weighted by molar-refractivity contribution is -0.142. The quantitative estimate of drug-likeness (QED) is 0.669. The molecule has 0 saturated heterocycles. The Morgan fingerprint density at radius 2 is 1.67 bits per heavy atom. The summed E-state index contributed by atoms with van der Waals surface area (Å²) in [5.41, 5.74) is 1.62. The van der Waals surface area contributed by atoms with Crippen LogP contribution in [-0.4, -0.2) is 6.18 Å². The van der Waals surface area contributed by atoms with Crippen molar-refractivity contribution >= 4 is 0 Å². The van der Waals surface area contributed by atoms with E-state index in [2.05, 4.69) is 0 Å². The normalized spacial score (nSPS) is 19.9. The molecule has 80 valence electrons. The lowest BCUT2D eigenvalue weighted by Crippen LogP contribution is -2.12. The SMILES string of the molecule is FC(F)(F)[C@H]1C=C1CCc1ccccc1. The zero-order valence-electron chi connectivity index (χ0n) is 8.09. The largest absolute Gasteiger partial charge is 0.398 e. The molecule has 0 aliphatic heterocycles. The fourth-order valence-electron chi connectivity index (χ4n) is 1.64. The summed E-state index contributed by atoms with van der Waals surface area (Å²) in [6.45, 7) is 0. The first-order chi connectivity index (χ1) is 7.07. The van der Waals surface area contributed by atoms with Gasteiger partial charge in [-0.2, -0.15) is 13.2 Å². The number of alkyl halides is 3. The van der Waals surface area contributed by atoms with Crippen molar-refractivity contribution in [2.75, 3.05) is 0 Å². The number of halogens is 3. The van der Waals surface area contributed by atoms with Gasteiger partial charge in [0, 0.05) is 0 Å². The monoisotopic (exact) mass is 212 g/mol. The van der Waals surface area contributed by atoms with Crippen LogP contribution in [0.5, 0.6) is 0 Å². The van der Waals surface area contributed by atoms with Crippen LogP contribution in [0.3, 0.4) is 0 Å². The van der Waals surface area contributed by atoms with E-state index in [0.29, 0.717) is 18.4 Å². The second kappa shape index (κ2) is 3.72. The number of allylic oxidation sites excluding steroid dienone is 2. The molecule has 1 aromatic carbocycles. The zero-order valence-corrected chi connectivity index (χ0v) is 8.09. The van der Waals surface area contributed by atoms with Gasteiger partial charge in [0.2, 0.25) is 0 Å². The molecule has 1 aliphatic rings. The molecule has 0 N–H and O–H groups in total. The predicted molar refractivity (Wildman–Crippen MR) is 52.4 cm³/mol. The molecule has 3 heteroatoms. The minimum atomic E-state index is -4.06. The van der Waals surface area contributed by atoms with Gasteiger partial charge >= 0.3 is 6.18 Å². The molecule has 0 nitrogen and oxygen atoms in total. The fraction of sp³-hybridized carbons (Fsp3) is 0.333. The summed E-state index contributed by atoms with van der Waals surface area (Å²) < 4.78 is 36.5. The molecule has 1 aliphatic carbocycles. The average molecular weight is 212 g/mol. The number of hydrogen-bond donors (Lipinski definition) is 0. The van der Waals surface area contributed by atoms with Crippen molar-refractivity contribution in [2.24, 2.45) is 5.92 Å². The first-order valence-electron chi connectivity index (χ1n) is 4.88. The first kappa shape index (κ1) is 10.3. The van der Waals surface area contributed by atoms with Crippen molar-refractivity contribution in [3.05, 3.63) is 47.5 Å². The van der Waals surface area contributed by atoms with Gasteiger partial charge in [-0.05, 0) is 18.4 Å². The summed E-state index contributed by atoms with van der Waals surface area (Å²) in [4.78, 5) is 0. The van der Waals surface area contributed by atoms with Gasteiger partial charge in [-0.3, -0.25) is 0 Å². The fourth-order valence-corrected chi connectivity index (χ4v) is 1.64. The van der Waals surface area contributed by atoms with Crippen LogP contribution in [0.2, 0.25) is 0 Å². The van der Waals surface area contributed by atoms with Gasteiger partial charge in [-0.25, -0.2) is 0 Å². The van der Waals surface area contributed by atoms with E-state index in [4.69, 9.17) is 0 Å². The smallest absolute Gasteiger partial charge is 0.170 e. The van der Waals surface area contributed by atoms with E-state index in [1.165, 1.54) is 6.08 Å². The molecule has 0 unspecified atom stereocenters. The van der Waals surface area contributed by atoms with E-state index in [1.807, 2.05) is 30.3 Å². The Morgan fingerprint density at radius 1 is 1.00 bits per heavy atom. The number of rotatable bonds is 3. The molecule has 1 aromatic rings. The number of benzene rings is 1. The standard InChI is InChI=1S/C12H11F3/c13-12(14,15)11-8-10(11)7-6-9-4-2-1-3-5-9/h1-5,8,11H,6-7H2/t11-/m0/s1. The molecule has 1 atom stereocenters. The van der Waals surface area contributed by atoms with Gasteiger partial charge in [0.1, 0.15) is 0 Å². The Balaban J connectivity index is 1.80. The van der Waals surface area contributed by atoms with Crippen molar-refractivity contribution in [3.8, 4) is 0 Å². The summed E-state index contributed by atoms with van der Waals surface area (Å²) in [5, 5.41) is 0. The topological polar surface area (TPSA) is 0 Å². The zero-order chi connectivity index (χ0) is 10.9. The highest BCUT2D eigenvalue weighted by Crippen LogP contribution is 2.45. The Labute approximate surface area is 86.4 Å². The van der Waals surface area contributed by atoms with Crippen molar-refractivity contribution in [1.82, 2.24) is 0 Å². The van der Waals surface area contributed by atoms with Gasteiger partial charge in [0.15, 0.2) is 0 Å². The third-order valence-electron chi connectivity index (χ3n) is 2.57. The van der Waals surface area contributed by atoms with Crippen LogP contribution >= 0.6 is 0 Å². The molecule has 0 heterocycles. The van der Waals surface area contributed by atoms with Gasteiger partial charge < -0.3 is 0 Å². The molecule has 0 radical (unpaired) electrons. The summed E-state index contributed by atoms with van der Waals surface area (Å²) in [6, 6.07) is 9.57. The van der Waals surface area contributed by atoms with Crippen LogP contribution in [0.15, 0.2) is 42.0 Å². The maximum atomic E-state index is 12.2.